The summed E-state index contributed by atoms with van der Waals surface area (Å²) in [6.45, 7) is 6.45. The summed E-state index contributed by atoms with van der Waals surface area (Å²) in [5.74, 6) is -0.626. The van der Waals surface area contributed by atoms with Gasteiger partial charge in [-0.25, -0.2) is 0 Å². The summed E-state index contributed by atoms with van der Waals surface area (Å²) in [7, 11) is 0. The molecule has 0 atom stereocenters. The van der Waals surface area contributed by atoms with Crippen molar-refractivity contribution < 1.29 is 14.7 Å². The van der Waals surface area contributed by atoms with Gasteiger partial charge in [-0.1, -0.05) is 63.4 Å². The van der Waals surface area contributed by atoms with Crippen molar-refractivity contribution in [3.05, 3.63) is 47.7 Å². The fourth-order valence-corrected chi connectivity index (χ4v) is 3.59. The maximum absolute atomic E-state index is 12.5. The Morgan fingerprint density at radius 3 is 2.42 bits per heavy atom. The number of rotatable bonds is 10. The smallest absolute Gasteiger partial charge is 0.303 e. The standard InChI is InChI=1S/C22H31NO3/c1-22(2)16-19(15-20(24)18-11-7-6-8-12-18)23(17-22)14-10-5-3-4-9-13-21(25)26/h6-8,11-12,15H,3-5,9-10,13-14,16-17H2,1-2H3,(H,25,26)/b19-15-. The summed E-state index contributed by atoms with van der Waals surface area (Å²) in [6.07, 6.45) is 8.04. The molecule has 0 unspecified atom stereocenters. The highest BCUT2D eigenvalue weighted by atomic mass is 16.4. The number of carbonyl (C=O) groups is 2. The summed E-state index contributed by atoms with van der Waals surface area (Å²) in [5.41, 5.74) is 2.09. The predicted octanol–water partition coefficient (Wildman–Crippen LogP) is 4.91. The maximum Gasteiger partial charge on any atom is 0.303 e. The van der Waals surface area contributed by atoms with Crippen LogP contribution in [0.2, 0.25) is 0 Å². The first-order chi connectivity index (χ1) is 12.4. The van der Waals surface area contributed by atoms with Crippen LogP contribution in [0.25, 0.3) is 0 Å². The van der Waals surface area contributed by atoms with Crippen molar-refractivity contribution in [2.24, 2.45) is 5.41 Å². The monoisotopic (exact) mass is 357 g/mol. The van der Waals surface area contributed by atoms with Gasteiger partial charge in [0.25, 0.3) is 0 Å². The van der Waals surface area contributed by atoms with Crippen molar-refractivity contribution in [3.63, 3.8) is 0 Å². The highest BCUT2D eigenvalue weighted by Crippen LogP contribution is 2.36. The Bertz CT molecular complexity index is 634. The normalized spacial score (nSPS) is 17.6. The van der Waals surface area contributed by atoms with Crippen molar-refractivity contribution in [1.82, 2.24) is 4.90 Å². The number of hydrogen-bond acceptors (Lipinski definition) is 3. The Morgan fingerprint density at radius 1 is 1.08 bits per heavy atom. The summed E-state index contributed by atoms with van der Waals surface area (Å²) in [6, 6.07) is 9.44. The molecule has 1 fully saturated rings. The van der Waals surface area contributed by atoms with E-state index in [9.17, 15) is 9.59 Å². The zero-order valence-corrected chi connectivity index (χ0v) is 16.0. The van der Waals surface area contributed by atoms with Gasteiger partial charge in [0.2, 0.25) is 0 Å². The number of ketones is 1. The molecule has 1 aliphatic heterocycles. The van der Waals surface area contributed by atoms with E-state index in [2.05, 4.69) is 18.7 Å². The summed E-state index contributed by atoms with van der Waals surface area (Å²) in [5, 5.41) is 8.65. The van der Waals surface area contributed by atoms with E-state index < -0.39 is 5.97 Å². The van der Waals surface area contributed by atoms with Gasteiger partial charge in [-0.2, -0.15) is 0 Å². The first kappa shape index (κ1) is 20.2. The number of allylic oxidation sites excluding steroid dienone is 2. The van der Waals surface area contributed by atoms with E-state index >= 15 is 0 Å². The fourth-order valence-electron chi connectivity index (χ4n) is 3.59. The molecule has 1 saturated heterocycles. The second kappa shape index (κ2) is 9.56. The van der Waals surface area contributed by atoms with Crippen LogP contribution in [0.4, 0.5) is 0 Å². The number of benzene rings is 1. The molecule has 1 aromatic rings. The van der Waals surface area contributed by atoms with Crippen LogP contribution in [0.3, 0.4) is 0 Å². The number of carboxylic acid groups (broad SMARTS) is 1. The minimum atomic E-state index is -0.706. The van der Waals surface area contributed by atoms with Gasteiger partial charge in [-0.05, 0) is 24.7 Å². The van der Waals surface area contributed by atoms with Crippen LogP contribution < -0.4 is 0 Å². The minimum absolute atomic E-state index is 0.0805. The average Bonchev–Trinajstić information content (AvgIpc) is 2.88. The van der Waals surface area contributed by atoms with Gasteiger partial charge in [0, 0.05) is 36.8 Å². The molecule has 4 heteroatoms. The third kappa shape index (κ3) is 6.66. The maximum atomic E-state index is 12.5. The molecule has 1 aromatic carbocycles. The SMILES string of the molecule is CC1(C)C/C(=C/C(=O)c2ccccc2)N(CCCCCCCC(=O)O)C1. The summed E-state index contributed by atoms with van der Waals surface area (Å²) in [4.78, 5) is 25.4. The fraction of sp³-hybridized carbons (Fsp3) is 0.545. The van der Waals surface area contributed by atoms with Crippen LogP contribution in [0.1, 0.15) is 69.2 Å². The average molecular weight is 357 g/mol. The van der Waals surface area contributed by atoms with Gasteiger partial charge >= 0.3 is 5.97 Å². The molecule has 1 heterocycles. The lowest BCUT2D eigenvalue weighted by Gasteiger charge is -2.22. The predicted molar refractivity (Wildman–Crippen MR) is 104 cm³/mol. The Hall–Kier alpha value is -2.10. The lowest BCUT2D eigenvalue weighted by atomic mass is 9.92. The lowest BCUT2D eigenvalue weighted by molar-refractivity contribution is -0.137. The molecular formula is C22H31NO3. The Morgan fingerprint density at radius 2 is 1.73 bits per heavy atom. The van der Waals surface area contributed by atoms with Crippen LogP contribution in [-0.2, 0) is 4.79 Å². The van der Waals surface area contributed by atoms with E-state index in [0.717, 1.165) is 62.9 Å². The Kier molecular flexibility index (Phi) is 7.43. The molecule has 0 aliphatic carbocycles. The quantitative estimate of drug-likeness (QED) is 0.367. The molecule has 0 amide bonds. The number of aliphatic carboxylic acids is 1. The largest absolute Gasteiger partial charge is 0.481 e. The summed E-state index contributed by atoms with van der Waals surface area (Å²) >= 11 is 0. The van der Waals surface area contributed by atoms with Gasteiger partial charge < -0.3 is 10.0 Å². The molecule has 0 bridgehead atoms. The molecule has 2 rings (SSSR count). The second-order valence-corrected chi connectivity index (χ2v) is 8.04. The number of carboxylic acids is 1. The van der Waals surface area contributed by atoms with Gasteiger partial charge in [0.15, 0.2) is 5.78 Å². The van der Waals surface area contributed by atoms with Crippen LogP contribution >= 0.6 is 0 Å². The number of unbranched alkanes of at least 4 members (excludes halogenated alkanes) is 4. The third-order valence-corrected chi connectivity index (χ3v) is 4.86. The number of hydrogen-bond donors (Lipinski definition) is 1. The molecule has 0 spiro atoms. The molecule has 0 aromatic heterocycles. The van der Waals surface area contributed by atoms with E-state index in [1.165, 1.54) is 0 Å². The summed E-state index contributed by atoms with van der Waals surface area (Å²) < 4.78 is 0. The molecule has 0 radical (unpaired) electrons. The second-order valence-electron chi connectivity index (χ2n) is 8.04. The zero-order chi connectivity index (χ0) is 19.0. The minimum Gasteiger partial charge on any atom is -0.481 e. The van der Waals surface area contributed by atoms with E-state index in [0.29, 0.717) is 0 Å². The van der Waals surface area contributed by atoms with E-state index in [-0.39, 0.29) is 17.6 Å². The number of nitrogens with zero attached hydrogens (tertiary/aromatic N) is 1. The molecule has 4 nitrogen and oxygen atoms in total. The van der Waals surface area contributed by atoms with Gasteiger partial charge in [-0.3, -0.25) is 9.59 Å². The van der Waals surface area contributed by atoms with Crippen molar-refractivity contribution in [2.45, 2.75) is 58.8 Å². The molecule has 1 N–H and O–H groups in total. The molecule has 0 saturated carbocycles. The highest BCUT2D eigenvalue weighted by Gasteiger charge is 2.32. The van der Waals surface area contributed by atoms with Crippen LogP contribution in [-0.4, -0.2) is 34.8 Å². The topological polar surface area (TPSA) is 57.6 Å². The van der Waals surface area contributed by atoms with Gasteiger partial charge in [0.05, 0.1) is 0 Å². The van der Waals surface area contributed by atoms with Crippen LogP contribution in [0.15, 0.2) is 42.1 Å². The van der Waals surface area contributed by atoms with E-state index in [1.54, 1.807) is 0 Å². The van der Waals surface area contributed by atoms with Crippen molar-refractivity contribution in [1.29, 1.82) is 0 Å². The van der Waals surface area contributed by atoms with E-state index in [1.807, 2.05) is 36.4 Å². The Balaban J connectivity index is 1.84. The number of carbonyl (C=O) groups excluding carboxylic acids is 1. The molecule has 26 heavy (non-hydrogen) atoms. The lowest BCUT2D eigenvalue weighted by Crippen LogP contribution is -2.24. The molecular weight excluding hydrogens is 326 g/mol. The highest BCUT2D eigenvalue weighted by molar-refractivity contribution is 6.04. The van der Waals surface area contributed by atoms with Gasteiger partial charge in [-0.15, -0.1) is 0 Å². The first-order valence-corrected chi connectivity index (χ1v) is 9.64. The molecule has 1 aliphatic rings. The van der Waals surface area contributed by atoms with Crippen molar-refractivity contribution in [3.8, 4) is 0 Å². The van der Waals surface area contributed by atoms with Crippen molar-refractivity contribution in [2.75, 3.05) is 13.1 Å². The third-order valence-electron chi connectivity index (χ3n) is 4.86. The molecule has 142 valence electrons. The van der Waals surface area contributed by atoms with Crippen molar-refractivity contribution >= 4 is 11.8 Å². The zero-order valence-electron chi connectivity index (χ0n) is 16.0. The van der Waals surface area contributed by atoms with Crippen LogP contribution in [0.5, 0.6) is 0 Å². The Labute approximate surface area is 156 Å². The first-order valence-electron chi connectivity index (χ1n) is 9.64. The number of likely N-dealkylation sites (tertiary alicyclic amines) is 1. The van der Waals surface area contributed by atoms with Gasteiger partial charge in [0.1, 0.15) is 0 Å². The van der Waals surface area contributed by atoms with E-state index in [4.69, 9.17) is 5.11 Å². The van der Waals surface area contributed by atoms with Crippen LogP contribution in [0, 0.1) is 5.41 Å².